The van der Waals surface area contributed by atoms with Gasteiger partial charge in [0.2, 0.25) is 21.8 Å². The number of rotatable bonds is 7. The zero-order valence-electron chi connectivity index (χ0n) is 28.1. The Labute approximate surface area is 291 Å². The molecule has 0 radical (unpaired) electrons. The Morgan fingerprint density at radius 2 is 1.78 bits per heavy atom. The summed E-state index contributed by atoms with van der Waals surface area (Å²) < 4.78 is 34.9. The number of ether oxygens (including phenoxy) is 1. The number of aryl methyl sites for hydroxylation is 1. The number of amides is 3. The van der Waals surface area contributed by atoms with E-state index in [9.17, 15) is 22.8 Å². The van der Waals surface area contributed by atoms with Gasteiger partial charge in [-0.05, 0) is 81.7 Å². The number of para-hydroxylation sites is 1. The third kappa shape index (κ3) is 7.01. The highest BCUT2D eigenvalue weighted by Crippen LogP contribution is 2.49. The lowest BCUT2D eigenvalue weighted by Crippen LogP contribution is -2.58. The highest BCUT2D eigenvalue weighted by molar-refractivity contribution is 7.91. The molecule has 0 bridgehead atoms. The number of carbonyl (C=O) groups excluding carboxylic acids is 3. The Bertz CT molecular complexity index is 1840. The number of fused-ring (bicyclic) bond motifs is 3. The molecule has 2 aromatic carbocycles. The van der Waals surface area contributed by atoms with Gasteiger partial charge in [-0.2, -0.15) is 0 Å². The topological polar surface area (TPSA) is 147 Å². The molecule has 262 valence electrons. The van der Waals surface area contributed by atoms with Crippen molar-refractivity contribution in [3.63, 3.8) is 0 Å². The van der Waals surface area contributed by atoms with Gasteiger partial charge in [-0.1, -0.05) is 67.7 Å². The number of nitrogens with one attached hydrogen (secondary N) is 3. The molecular weight excluding hydrogens is 663 g/mol. The van der Waals surface area contributed by atoms with Crippen molar-refractivity contribution in [2.75, 3.05) is 11.9 Å². The minimum absolute atomic E-state index is 0.175. The van der Waals surface area contributed by atoms with E-state index in [2.05, 4.69) is 26.4 Å². The highest BCUT2D eigenvalue weighted by Gasteiger charge is 2.63. The SMILES string of the molecule is Cc1ccc2nc(O[C@@H]3C[C@H]4C(=O)N[C@]5(C(=O)NS(=O)(=O)C6(C)CC6)C[C@H]5CCCCCCC[C@H](Nc5ccccc5)C(=O)N4C3)sc2c1. The molecule has 2 saturated heterocycles. The second-order valence-corrected chi connectivity index (χ2v) is 17.8. The molecule has 4 fully saturated rings. The largest absolute Gasteiger partial charge is 0.465 e. The van der Waals surface area contributed by atoms with Crippen LogP contribution >= 0.6 is 11.3 Å². The van der Waals surface area contributed by atoms with Crippen molar-refractivity contribution < 1.29 is 27.5 Å². The Hall–Kier alpha value is -3.71. The van der Waals surface area contributed by atoms with Crippen LogP contribution in [0.1, 0.15) is 83.1 Å². The Morgan fingerprint density at radius 1 is 1.04 bits per heavy atom. The Balaban J connectivity index is 1.17. The van der Waals surface area contributed by atoms with Gasteiger partial charge < -0.3 is 20.3 Å². The summed E-state index contributed by atoms with van der Waals surface area (Å²) in [5.74, 6) is -1.54. The third-order valence-electron chi connectivity index (χ3n) is 10.8. The number of benzene rings is 2. The molecule has 4 aliphatic rings. The van der Waals surface area contributed by atoms with Crippen LogP contribution < -0.4 is 20.1 Å². The molecular formula is C36H45N5O6S2. The van der Waals surface area contributed by atoms with Crippen LogP contribution in [-0.4, -0.2) is 71.0 Å². The van der Waals surface area contributed by atoms with Crippen molar-refractivity contribution in [1.82, 2.24) is 19.9 Å². The molecule has 49 heavy (non-hydrogen) atoms. The van der Waals surface area contributed by atoms with Gasteiger partial charge in [0.25, 0.3) is 11.1 Å². The predicted molar refractivity (Wildman–Crippen MR) is 189 cm³/mol. The Kier molecular flexibility index (Phi) is 9.10. The molecule has 3 amide bonds. The molecule has 2 saturated carbocycles. The monoisotopic (exact) mass is 707 g/mol. The van der Waals surface area contributed by atoms with Gasteiger partial charge in [-0.15, -0.1) is 0 Å². The molecule has 13 heteroatoms. The van der Waals surface area contributed by atoms with Gasteiger partial charge in [0.05, 0.1) is 21.5 Å². The van der Waals surface area contributed by atoms with Gasteiger partial charge in [-0.25, -0.2) is 13.4 Å². The van der Waals surface area contributed by atoms with Crippen LogP contribution in [0, 0.1) is 12.8 Å². The Morgan fingerprint density at radius 3 is 2.53 bits per heavy atom. The molecule has 5 atom stereocenters. The molecule has 7 rings (SSSR count). The van der Waals surface area contributed by atoms with Crippen molar-refractivity contribution in [3.05, 3.63) is 54.1 Å². The lowest BCUT2D eigenvalue weighted by atomic mass is 10.0. The van der Waals surface area contributed by atoms with E-state index < -0.39 is 50.3 Å². The van der Waals surface area contributed by atoms with Crippen LogP contribution in [0.25, 0.3) is 10.2 Å². The summed E-state index contributed by atoms with van der Waals surface area (Å²) in [4.78, 5) is 48.8. The van der Waals surface area contributed by atoms with Crippen molar-refractivity contribution >= 4 is 55.0 Å². The molecule has 3 heterocycles. The molecule has 1 aromatic heterocycles. The zero-order valence-corrected chi connectivity index (χ0v) is 29.7. The normalized spacial score (nSPS) is 28.7. The number of thiazole rings is 1. The van der Waals surface area contributed by atoms with Crippen LogP contribution in [0.3, 0.4) is 0 Å². The summed E-state index contributed by atoms with van der Waals surface area (Å²) in [5.41, 5.74) is 1.42. The first-order valence-electron chi connectivity index (χ1n) is 17.5. The molecule has 2 aliphatic carbocycles. The number of hydrogen-bond acceptors (Lipinski definition) is 9. The van der Waals surface area contributed by atoms with Gasteiger partial charge >= 0.3 is 0 Å². The fraction of sp³-hybridized carbons (Fsp3) is 0.556. The fourth-order valence-corrected chi connectivity index (χ4v) is 9.58. The number of sulfonamides is 1. The number of carbonyl (C=O) groups is 3. The van der Waals surface area contributed by atoms with Gasteiger partial charge in [0.1, 0.15) is 23.7 Å². The van der Waals surface area contributed by atoms with E-state index in [4.69, 9.17) is 4.74 Å². The molecule has 0 unspecified atom stereocenters. The first kappa shape index (κ1) is 33.8. The molecule has 0 spiro atoms. The highest BCUT2D eigenvalue weighted by atomic mass is 32.2. The van der Waals surface area contributed by atoms with Crippen molar-refractivity contribution in [2.24, 2.45) is 5.92 Å². The van der Waals surface area contributed by atoms with Gasteiger partial charge in [0.15, 0.2) is 0 Å². The average Bonchev–Trinajstić information content (AvgIpc) is 3.88. The smallest absolute Gasteiger partial charge is 0.274 e. The summed E-state index contributed by atoms with van der Waals surface area (Å²) in [6, 6.07) is 14.1. The lowest BCUT2D eigenvalue weighted by Gasteiger charge is -2.30. The second kappa shape index (κ2) is 13.2. The minimum Gasteiger partial charge on any atom is -0.465 e. The second-order valence-electron chi connectivity index (χ2n) is 14.6. The minimum atomic E-state index is -3.90. The maximum absolute atomic E-state index is 14.5. The molecule has 11 nitrogen and oxygen atoms in total. The first-order chi connectivity index (χ1) is 23.5. The molecule has 2 aliphatic heterocycles. The van der Waals surface area contributed by atoms with E-state index in [1.54, 1.807) is 11.8 Å². The molecule has 3 N–H and O–H groups in total. The summed E-state index contributed by atoms with van der Waals surface area (Å²) in [6.45, 7) is 3.83. The predicted octanol–water partition coefficient (Wildman–Crippen LogP) is 5.05. The lowest BCUT2D eigenvalue weighted by molar-refractivity contribution is -0.140. The van der Waals surface area contributed by atoms with Crippen molar-refractivity contribution in [2.45, 2.75) is 113 Å². The average molecular weight is 708 g/mol. The maximum atomic E-state index is 14.5. The molecule has 3 aromatic rings. The number of hydrogen-bond donors (Lipinski definition) is 3. The van der Waals surface area contributed by atoms with E-state index in [1.165, 1.54) is 11.3 Å². The van der Waals surface area contributed by atoms with E-state index in [0.29, 0.717) is 37.3 Å². The summed E-state index contributed by atoms with van der Waals surface area (Å²) in [5, 5.41) is 6.89. The van der Waals surface area contributed by atoms with Gasteiger partial charge in [-0.3, -0.25) is 19.1 Å². The summed E-state index contributed by atoms with van der Waals surface area (Å²) in [6.07, 6.45) is 6.98. The van der Waals surface area contributed by atoms with E-state index in [1.807, 2.05) is 49.4 Å². The maximum Gasteiger partial charge on any atom is 0.274 e. The zero-order chi connectivity index (χ0) is 34.4. The quantitative estimate of drug-likeness (QED) is 0.309. The van der Waals surface area contributed by atoms with E-state index in [0.717, 1.165) is 53.6 Å². The van der Waals surface area contributed by atoms with Crippen LogP contribution in [0.4, 0.5) is 5.69 Å². The fourth-order valence-electron chi connectivity index (χ4n) is 7.29. The standard InChI is InChI=1S/C36H45N5O6S2/c1-23-15-16-27-30(19-23)48-34(38-27)47-26-20-29-31(42)39-36(33(44)40-49(45,46)35(2)17-18-35)21-24(36)11-7-4-3-5-10-14-28(32(43)41(29)22-26)37-25-12-8-6-9-13-25/h6,8-9,12-13,15-16,19,24,26,28-29,37H,3-5,7,10-11,14,17-18,20-22H2,1-2H3,(H,39,42)(H,40,44)/t24-,26-,28+,29+,36-/m1/s1. The van der Waals surface area contributed by atoms with E-state index >= 15 is 0 Å². The van der Waals surface area contributed by atoms with Crippen molar-refractivity contribution in [1.29, 1.82) is 0 Å². The summed E-state index contributed by atoms with van der Waals surface area (Å²) in [7, 11) is -3.90. The third-order valence-corrected chi connectivity index (χ3v) is 13.9. The first-order valence-corrected chi connectivity index (χ1v) is 19.8. The van der Waals surface area contributed by atoms with Gasteiger partial charge in [0, 0.05) is 12.1 Å². The number of aromatic nitrogens is 1. The van der Waals surface area contributed by atoms with Crippen molar-refractivity contribution in [3.8, 4) is 5.19 Å². The van der Waals surface area contributed by atoms with Crippen LogP contribution in [-0.2, 0) is 24.4 Å². The van der Waals surface area contributed by atoms with E-state index in [-0.39, 0.29) is 24.8 Å². The van der Waals surface area contributed by atoms with Crippen LogP contribution in [0.5, 0.6) is 5.19 Å². The number of nitrogens with zero attached hydrogens (tertiary/aromatic N) is 2. The van der Waals surface area contributed by atoms with Crippen LogP contribution in [0.2, 0.25) is 0 Å². The summed E-state index contributed by atoms with van der Waals surface area (Å²) >= 11 is 1.43. The number of anilines is 1. The van der Waals surface area contributed by atoms with Crippen LogP contribution in [0.15, 0.2) is 48.5 Å².